The first-order chi connectivity index (χ1) is 14.1. The van der Waals surface area contributed by atoms with Crippen molar-refractivity contribution in [2.24, 2.45) is 5.92 Å². The molecule has 1 heterocycles. The highest BCUT2D eigenvalue weighted by Gasteiger charge is 2.37. The Balaban J connectivity index is 1.40. The van der Waals surface area contributed by atoms with E-state index in [9.17, 15) is 14.9 Å². The van der Waals surface area contributed by atoms with Crippen molar-refractivity contribution < 1.29 is 14.3 Å². The fourth-order valence-corrected chi connectivity index (χ4v) is 5.71. The molecule has 152 valence electrons. The third-order valence-electron chi connectivity index (χ3n) is 6.09. The number of esters is 1. The van der Waals surface area contributed by atoms with Crippen molar-refractivity contribution in [1.82, 2.24) is 10.3 Å². The molecule has 0 saturated heterocycles. The number of thiazole rings is 1. The molecular weight excluding hydrogens is 386 g/mol. The van der Waals surface area contributed by atoms with Crippen LogP contribution in [0.15, 0.2) is 24.3 Å². The van der Waals surface area contributed by atoms with Gasteiger partial charge in [0.25, 0.3) is 5.91 Å². The van der Waals surface area contributed by atoms with Crippen molar-refractivity contribution in [2.45, 2.75) is 62.8 Å². The normalized spacial score (nSPS) is 23.4. The molecule has 0 aliphatic heterocycles. The summed E-state index contributed by atoms with van der Waals surface area (Å²) in [6, 6.07) is 10.2. The Labute approximate surface area is 174 Å². The monoisotopic (exact) mass is 411 g/mol. The lowest BCUT2D eigenvalue weighted by Crippen LogP contribution is -2.47. The second kappa shape index (κ2) is 8.50. The van der Waals surface area contributed by atoms with Gasteiger partial charge in [0, 0.05) is 5.92 Å². The maximum absolute atomic E-state index is 12.8. The van der Waals surface area contributed by atoms with Gasteiger partial charge in [0.1, 0.15) is 5.54 Å². The van der Waals surface area contributed by atoms with Gasteiger partial charge in [-0.2, -0.15) is 5.26 Å². The molecule has 2 fully saturated rings. The van der Waals surface area contributed by atoms with Gasteiger partial charge >= 0.3 is 5.97 Å². The third kappa shape index (κ3) is 4.27. The quantitative estimate of drug-likeness (QED) is 0.749. The summed E-state index contributed by atoms with van der Waals surface area (Å²) in [6.07, 6.45) is 6.88. The first kappa shape index (κ1) is 19.8. The molecule has 7 heteroatoms. The molecule has 0 bridgehead atoms. The number of carbonyl (C=O) groups excluding carboxylic acids is 2. The average molecular weight is 412 g/mol. The van der Waals surface area contributed by atoms with E-state index in [1.165, 1.54) is 0 Å². The van der Waals surface area contributed by atoms with Gasteiger partial charge in [0.15, 0.2) is 6.61 Å². The summed E-state index contributed by atoms with van der Waals surface area (Å²) in [5.74, 6) is -0.957. The molecule has 4 rings (SSSR count). The summed E-state index contributed by atoms with van der Waals surface area (Å²) in [7, 11) is 0. The predicted molar refractivity (Wildman–Crippen MR) is 110 cm³/mol. The number of aromatic nitrogens is 1. The van der Waals surface area contributed by atoms with Crippen LogP contribution in [-0.4, -0.2) is 29.0 Å². The fraction of sp³-hybridized carbons (Fsp3) is 0.545. The third-order valence-corrected chi connectivity index (χ3v) is 7.26. The maximum atomic E-state index is 12.8. The number of nitriles is 1. The minimum atomic E-state index is -0.794. The summed E-state index contributed by atoms with van der Waals surface area (Å²) in [5.41, 5.74) is 0.167. The van der Waals surface area contributed by atoms with Crippen molar-refractivity contribution in [3.05, 3.63) is 29.3 Å². The molecule has 2 aliphatic rings. The number of rotatable bonds is 5. The molecule has 2 saturated carbocycles. The number of amides is 1. The summed E-state index contributed by atoms with van der Waals surface area (Å²) in [4.78, 5) is 29.8. The Hall–Kier alpha value is -2.46. The number of para-hydroxylation sites is 1. The maximum Gasteiger partial charge on any atom is 0.310 e. The second-order valence-corrected chi connectivity index (χ2v) is 9.14. The molecule has 2 aliphatic carbocycles. The largest absolute Gasteiger partial charge is 0.455 e. The number of fused-ring (bicyclic) bond motifs is 1. The topological polar surface area (TPSA) is 92.1 Å². The van der Waals surface area contributed by atoms with Crippen LogP contribution < -0.4 is 5.32 Å². The van der Waals surface area contributed by atoms with E-state index < -0.39 is 11.4 Å². The predicted octanol–water partition coefficient (Wildman–Crippen LogP) is 4.07. The summed E-state index contributed by atoms with van der Waals surface area (Å²) >= 11 is 1.64. The number of benzene rings is 1. The molecule has 0 radical (unpaired) electrons. The van der Waals surface area contributed by atoms with Crippen LogP contribution in [0, 0.1) is 17.2 Å². The van der Waals surface area contributed by atoms with Crippen LogP contribution in [0.1, 0.15) is 62.3 Å². The first-order valence-electron chi connectivity index (χ1n) is 10.3. The van der Waals surface area contributed by atoms with Gasteiger partial charge in [0.2, 0.25) is 0 Å². The van der Waals surface area contributed by atoms with Gasteiger partial charge in [-0.05, 0) is 50.7 Å². The number of nitrogens with one attached hydrogen (secondary N) is 1. The van der Waals surface area contributed by atoms with Crippen LogP contribution in [0.25, 0.3) is 10.2 Å². The van der Waals surface area contributed by atoms with E-state index in [0.717, 1.165) is 53.7 Å². The van der Waals surface area contributed by atoms with Crippen LogP contribution in [0.3, 0.4) is 0 Å². The Morgan fingerprint density at radius 3 is 2.72 bits per heavy atom. The van der Waals surface area contributed by atoms with Crippen molar-refractivity contribution in [3.8, 4) is 6.07 Å². The van der Waals surface area contributed by atoms with E-state index in [4.69, 9.17) is 9.72 Å². The number of hydrogen-bond donors (Lipinski definition) is 1. The highest BCUT2D eigenvalue weighted by molar-refractivity contribution is 7.18. The summed E-state index contributed by atoms with van der Waals surface area (Å²) < 4.78 is 6.51. The van der Waals surface area contributed by atoms with E-state index in [-0.39, 0.29) is 24.4 Å². The minimum absolute atomic E-state index is 0.0389. The van der Waals surface area contributed by atoms with Gasteiger partial charge in [-0.1, -0.05) is 25.0 Å². The zero-order chi connectivity index (χ0) is 20.3. The zero-order valence-corrected chi connectivity index (χ0v) is 17.2. The molecule has 0 spiro atoms. The number of nitrogens with zero attached hydrogens (tertiary/aromatic N) is 2. The number of carbonyl (C=O) groups is 2. The first-order valence-corrected chi connectivity index (χ1v) is 11.2. The Morgan fingerprint density at radius 2 is 1.97 bits per heavy atom. The molecule has 2 atom stereocenters. The summed E-state index contributed by atoms with van der Waals surface area (Å²) in [5, 5.41) is 13.1. The Morgan fingerprint density at radius 1 is 1.21 bits per heavy atom. The van der Waals surface area contributed by atoms with Gasteiger partial charge in [-0.25, -0.2) is 4.98 Å². The molecular formula is C22H25N3O3S. The Kier molecular flexibility index (Phi) is 5.81. The number of ether oxygens (including phenoxy) is 1. The lowest BCUT2D eigenvalue weighted by atomic mass is 9.79. The van der Waals surface area contributed by atoms with Crippen LogP contribution in [0.5, 0.6) is 0 Å². The fourth-order valence-electron chi connectivity index (χ4n) is 4.55. The van der Waals surface area contributed by atoms with Gasteiger partial charge in [-0.15, -0.1) is 11.3 Å². The minimum Gasteiger partial charge on any atom is -0.455 e. The van der Waals surface area contributed by atoms with Crippen molar-refractivity contribution in [2.75, 3.05) is 6.61 Å². The number of hydrogen-bond acceptors (Lipinski definition) is 6. The molecule has 1 aromatic heterocycles. The van der Waals surface area contributed by atoms with E-state index in [2.05, 4.69) is 11.4 Å². The molecule has 29 heavy (non-hydrogen) atoms. The highest BCUT2D eigenvalue weighted by Crippen LogP contribution is 2.41. The van der Waals surface area contributed by atoms with Crippen molar-refractivity contribution >= 4 is 33.4 Å². The smallest absolute Gasteiger partial charge is 0.310 e. The standard InChI is InChI=1S/C22H25N3O3S/c23-14-22(11-5-6-12-22)25-19(26)13-28-21(27)16-8-2-1-7-15(16)20-24-17-9-3-4-10-18(17)29-20/h3-4,9-10,15-16H,1-2,5-8,11-13H2,(H,25,26)/t15-,16-/m1/s1. The lowest BCUT2D eigenvalue weighted by molar-refractivity contribution is -0.154. The van der Waals surface area contributed by atoms with Crippen LogP contribution >= 0.6 is 11.3 Å². The molecule has 1 N–H and O–H groups in total. The lowest BCUT2D eigenvalue weighted by Gasteiger charge is -2.28. The van der Waals surface area contributed by atoms with E-state index in [1.54, 1.807) is 11.3 Å². The average Bonchev–Trinajstić information content (AvgIpc) is 3.39. The van der Waals surface area contributed by atoms with Gasteiger partial charge < -0.3 is 10.1 Å². The van der Waals surface area contributed by atoms with E-state index in [1.807, 2.05) is 24.3 Å². The molecule has 1 amide bonds. The molecule has 2 aromatic rings. The van der Waals surface area contributed by atoms with Crippen LogP contribution in [0.4, 0.5) is 0 Å². The van der Waals surface area contributed by atoms with Crippen LogP contribution in [-0.2, 0) is 14.3 Å². The van der Waals surface area contributed by atoms with E-state index in [0.29, 0.717) is 12.8 Å². The molecule has 0 unspecified atom stereocenters. The van der Waals surface area contributed by atoms with Crippen molar-refractivity contribution in [3.63, 3.8) is 0 Å². The van der Waals surface area contributed by atoms with E-state index >= 15 is 0 Å². The zero-order valence-electron chi connectivity index (χ0n) is 16.4. The molecule has 1 aromatic carbocycles. The summed E-state index contributed by atoms with van der Waals surface area (Å²) in [6.45, 7) is -0.328. The van der Waals surface area contributed by atoms with Gasteiger partial charge in [-0.3, -0.25) is 9.59 Å². The highest BCUT2D eigenvalue weighted by atomic mass is 32.1. The van der Waals surface area contributed by atoms with Crippen LogP contribution in [0.2, 0.25) is 0 Å². The SMILES string of the molecule is N#CC1(NC(=O)COC(=O)[C@@H]2CCCC[C@H]2c2nc3ccccc3s2)CCCC1. The van der Waals surface area contributed by atoms with Crippen molar-refractivity contribution in [1.29, 1.82) is 5.26 Å². The Bertz CT molecular complexity index is 909. The molecule has 6 nitrogen and oxygen atoms in total. The second-order valence-electron chi connectivity index (χ2n) is 8.07. The van der Waals surface area contributed by atoms with Gasteiger partial charge in [0.05, 0.1) is 27.2 Å².